The third-order valence-electron chi connectivity index (χ3n) is 5.35. The number of β-lactam (4-membered cyclic amide) rings is 1. The van der Waals surface area contributed by atoms with Crippen LogP contribution in [0.25, 0.3) is 5.32 Å². The molecule has 1 aliphatic heterocycles. The molecule has 1 heterocycles. The minimum Gasteiger partial charge on any atom is -0.641 e. The van der Waals surface area contributed by atoms with Crippen LogP contribution < -0.4 is 0 Å². The SMILES string of the molecule is CCC1(C)C(O)C(=O)C2(CC(=O)[N-]2)C(C)C1C.[W].[Y]. The Labute approximate surface area is 154 Å². The summed E-state index contributed by atoms with van der Waals surface area (Å²) in [4.78, 5) is 23.4. The Balaban J connectivity index is 0.00000162. The molecule has 1 aliphatic carbocycles. The van der Waals surface area contributed by atoms with E-state index in [1.165, 1.54) is 0 Å². The van der Waals surface area contributed by atoms with Gasteiger partial charge in [-0.25, -0.2) is 0 Å². The second kappa shape index (κ2) is 6.34. The van der Waals surface area contributed by atoms with Gasteiger partial charge in [-0.1, -0.05) is 27.7 Å². The molecule has 6 heteroatoms. The topological polar surface area (TPSA) is 68.5 Å². The van der Waals surface area contributed by atoms with Gasteiger partial charge in [0.15, 0.2) is 5.78 Å². The molecule has 2 aliphatic rings. The number of rotatable bonds is 1. The molecule has 4 nitrogen and oxygen atoms in total. The maximum Gasteiger partial charge on any atom is 0.151 e. The van der Waals surface area contributed by atoms with Crippen LogP contribution >= 0.6 is 0 Å². The standard InChI is InChI=1S/C13H21NO3.W.Y/c1-5-12(4)7(2)8(3)13(6-9(15)14-13)11(17)10(12)16;;/h7-8,10,16H,5-6H2,1-4H3,(H,14,15);;/p-1. The van der Waals surface area contributed by atoms with E-state index < -0.39 is 17.1 Å². The molecule has 5 unspecified atom stereocenters. The van der Waals surface area contributed by atoms with Crippen LogP contribution in [0.1, 0.15) is 40.5 Å². The van der Waals surface area contributed by atoms with Crippen molar-refractivity contribution in [3.63, 3.8) is 0 Å². The Morgan fingerprint density at radius 1 is 1.32 bits per heavy atom. The fourth-order valence-electron chi connectivity index (χ4n) is 3.36. The van der Waals surface area contributed by atoms with E-state index in [9.17, 15) is 14.7 Å². The molecule has 1 spiro atoms. The van der Waals surface area contributed by atoms with Crippen molar-refractivity contribution >= 4 is 11.7 Å². The van der Waals surface area contributed by atoms with Crippen LogP contribution in [0, 0.1) is 17.3 Å². The van der Waals surface area contributed by atoms with Crippen LogP contribution in [-0.4, -0.2) is 28.4 Å². The molecule has 1 radical (unpaired) electrons. The largest absolute Gasteiger partial charge is 0.641 e. The summed E-state index contributed by atoms with van der Waals surface area (Å²) >= 11 is 0. The zero-order valence-electron chi connectivity index (χ0n) is 11.8. The molecule has 105 valence electrons. The first-order chi connectivity index (χ1) is 7.79. The van der Waals surface area contributed by atoms with Crippen LogP contribution in [0.15, 0.2) is 0 Å². The van der Waals surface area contributed by atoms with Crippen molar-refractivity contribution < 1.29 is 68.5 Å². The third-order valence-corrected chi connectivity index (χ3v) is 5.35. The minimum atomic E-state index is -1.00. The third kappa shape index (κ3) is 2.56. The smallest absolute Gasteiger partial charge is 0.151 e. The summed E-state index contributed by atoms with van der Waals surface area (Å²) in [5, 5.41) is 14.2. The van der Waals surface area contributed by atoms with Crippen molar-refractivity contribution in [1.82, 2.24) is 0 Å². The van der Waals surface area contributed by atoms with Crippen LogP contribution in [-0.2, 0) is 63.4 Å². The monoisotopic (exact) mass is 511 g/mol. The van der Waals surface area contributed by atoms with Crippen molar-refractivity contribution in [3.8, 4) is 0 Å². The summed E-state index contributed by atoms with van der Waals surface area (Å²) in [7, 11) is 0. The molecule has 0 aromatic heterocycles. The number of carbonyl (C=O) groups excluding carboxylic acids is 2. The second-order valence-electron chi connectivity index (χ2n) is 5.81. The average Bonchev–Trinajstić information content (AvgIpc) is 2.28. The number of carbonyl (C=O) groups is 2. The van der Waals surface area contributed by atoms with Gasteiger partial charge in [-0.2, -0.15) is 0 Å². The summed E-state index contributed by atoms with van der Waals surface area (Å²) < 4.78 is 0. The molecule has 2 rings (SSSR count). The van der Waals surface area contributed by atoms with E-state index in [0.29, 0.717) is 0 Å². The quantitative estimate of drug-likeness (QED) is 0.545. The van der Waals surface area contributed by atoms with E-state index in [4.69, 9.17) is 0 Å². The Morgan fingerprint density at radius 3 is 2.16 bits per heavy atom. The number of ketones is 1. The van der Waals surface area contributed by atoms with E-state index in [2.05, 4.69) is 5.32 Å². The van der Waals surface area contributed by atoms with E-state index >= 15 is 0 Å². The van der Waals surface area contributed by atoms with E-state index in [0.717, 1.165) is 6.42 Å². The van der Waals surface area contributed by atoms with Crippen molar-refractivity contribution in [2.45, 2.75) is 52.2 Å². The van der Waals surface area contributed by atoms with Gasteiger partial charge in [0.2, 0.25) is 0 Å². The number of Topliss-reactive ketones (excluding diaryl/α,β-unsaturated/α-hetero) is 1. The number of aliphatic hydroxyl groups is 1. The van der Waals surface area contributed by atoms with Crippen LogP contribution in [0.5, 0.6) is 0 Å². The van der Waals surface area contributed by atoms with Gasteiger partial charge >= 0.3 is 0 Å². The van der Waals surface area contributed by atoms with Gasteiger partial charge in [0, 0.05) is 59.2 Å². The van der Waals surface area contributed by atoms with Gasteiger partial charge in [-0.3, -0.25) is 4.79 Å². The van der Waals surface area contributed by atoms with Crippen molar-refractivity contribution in [1.29, 1.82) is 0 Å². The minimum absolute atomic E-state index is 0. The second-order valence-corrected chi connectivity index (χ2v) is 5.81. The molecular formula is C13H20NO3WY-. The molecular weight excluding hydrogens is 491 g/mol. The molecule has 0 aromatic rings. The fraction of sp³-hybridized carbons (Fsp3) is 0.846. The molecule has 1 amide bonds. The van der Waals surface area contributed by atoms with Crippen LogP contribution in [0.3, 0.4) is 0 Å². The van der Waals surface area contributed by atoms with E-state index in [1.54, 1.807) is 0 Å². The molecule has 0 bridgehead atoms. The van der Waals surface area contributed by atoms with Crippen molar-refractivity contribution in [3.05, 3.63) is 5.32 Å². The first-order valence-electron chi connectivity index (χ1n) is 6.27. The van der Waals surface area contributed by atoms with Crippen LogP contribution in [0.2, 0.25) is 0 Å². The first-order valence-corrected chi connectivity index (χ1v) is 6.27. The maximum absolute atomic E-state index is 12.3. The van der Waals surface area contributed by atoms with Gasteiger partial charge in [0.05, 0.1) is 5.91 Å². The Kier molecular flexibility index (Phi) is 6.64. The molecule has 1 saturated heterocycles. The molecule has 2 fully saturated rings. The number of amides is 1. The van der Waals surface area contributed by atoms with Gasteiger partial charge < -0.3 is 15.2 Å². The summed E-state index contributed by atoms with van der Waals surface area (Å²) in [6, 6.07) is 0. The van der Waals surface area contributed by atoms with E-state index in [-0.39, 0.29) is 83.7 Å². The predicted molar refractivity (Wildman–Crippen MR) is 63.5 cm³/mol. The summed E-state index contributed by atoms with van der Waals surface area (Å²) in [6.45, 7) is 7.95. The Bertz CT molecular complexity index is 382. The van der Waals surface area contributed by atoms with E-state index in [1.807, 2.05) is 27.7 Å². The molecule has 0 aromatic carbocycles. The first kappa shape index (κ1) is 19.9. The van der Waals surface area contributed by atoms with Gasteiger partial charge in [0.25, 0.3) is 0 Å². The zero-order valence-corrected chi connectivity index (χ0v) is 17.6. The molecule has 1 N–H and O–H groups in total. The normalized spacial score (nSPS) is 44.8. The number of hydrogen-bond acceptors (Lipinski definition) is 3. The summed E-state index contributed by atoms with van der Waals surface area (Å²) in [6.07, 6.45) is -0.0838. The predicted octanol–water partition coefficient (Wildman–Crippen LogP) is 1.66. The van der Waals surface area contributed by atoms with Gasteiger partial charge in [-0.15, -0.1) is 0 Å². The molecule has 19 heavy (non-hydrogen) atoms. The maximum atomic E-state index is 12.3. The average molecular weight is 511 g/mol. The van der Waals surface area contributed by atoms with Crippen molar-refractivity contribution in [2.75, 3.05) is 0 Å². The van der Waals surface area contributed by atoms with Gasteiger partial charge in [-0.05, 0) is 30.2 Å². The number of aliphatic hydroxyl groups excluding tert-OH is 1. The molecule has 5 atom stereocenters. The summed E-state index contributed by atoms with van der Waals surface area (Å²) in [5.74, 6) is -0.296. The number of nitrogens with zero attached hydrogens (tertiary/aromatic N) is 1. The fourth-order valence-corrected chi connectivity index (χ4v) is 3.36. The Hall–Kier alpha value is 0.892. The van der Waals surface area contributed by atoms with Crippen LogP contribution in [0.4, 0.5) is 0 Å². The van der Waals surface area contributed by atoms with Gasteiger partial charge in [0.1, 0.15) is 6.10 Å². The molecule has 1 saturated carbocycles. The Morgan fingerprint density at radius 2 is 1.79 bits per heavy atom. The van der Waals surface area contributed by atoms with Crippen molar-refractivity contribution in [2.24, 2.45) is 17.3 Å². The summed E-state index contributed by atoms with van der Waals surface area (Å²) in [5.41, 5.74) is -1.33. The zero-order chi connectivity index (χ0) is 13.0. The number of hydrogen-bond donors (Lipinski definition) is 1.